The molecule has 0 aliphatic carbocycles. The summed E-state index contributed by atoms with van der Waals surface area (Å²) in [6.07, 6.45) is -0.509. The van der Waals surface area contributed by atoms with Crippen molar-refractivity contribution in [1.82, 2.24) is 5.32 Å². The van der Waals surface area contributed by atoms with E-state index in [1.807, 2.05) is 0 Å². The van der Waals surface area contributed by atoms with Crippen molar-refractivity contribution in [3.05, 3.63) is 0 Å². The molecule has 10 heavy (non-hydrogen) atoms. The third kappa shape index (κ3) is 3.46. The average molecular weight is 206 g/mol. The van der Waals surface area contributed by atoms with Gasteiger partial charge in [-0.1, -0.05) is 34.8 Å². The number of rotatable bonds is 3. The summed E-state index contributed by atoms with van der Waals surface area (Å²) in [6.45, 7) is 0. The first-order valence-electron chi connectivity index (χ1n) is 2.31. The van der Waals surface area contributed by atoms with Gasteiger partial charge < -0.3 is 10.1 Å². The van der Waals surface area contributed by atoms with Crippen molar-refractivity contribution in [3.63, 3.8) is 0 Å². The molecule has 0 aromatic heterocycles. The highest BCUT2D eigenvalue weighted by atomic mass is 35.6. The number of carbonyl (C=O) groups excluding carboxylic acids is 1. The lowest BCUT2D eigenvalue weighted by molar-refractivity contribution is -0.112. The Hall–Kier alpha value is 0.300. The summed E-state index contributed by atoms with van der Waals surface area (Å²) in [4.78, 5) is 9.85. The fourth-order valence-electron chi connectivity index (χ4n) is 0.358. The second-order valence-corrected chi connectivity index (χ2v) is 3.81. The summed E-state index contributed by atoms with van der Waals surface area (Å²) >= 11 is 16.1. The predicted molar refractivity (Wildman–Crippen MR) is 40.3 cm³/mol. The fraction of sp³-hybridized carbons (Fsp3) is 0.750. The predicted octanol–water partition coefficient (Wildman–Crippen LogP) is 1.08. The van der Waals surface area contributed by atoms with Crippen molar-refractivity contribution >= 4 is 41.2 Å². The van der Waals surface area contributed by atoms with E-state index in [2.05, 4.69) is 10.1 Å². The van der Waals surface area contributed by atoms with E-state index in [1.54, 1.807) is 0 Å². The Balaban J connectivity index is 3.92. The van der Waals surface area contributed by atoms with Gasteiger partial charge in [0.05, 0.1) is 0 Å². The molecule has 0 radical (unpaired) electrons. The normalized spacial score (nSPS) is 14.4. The van der Waals surface area contributed by atoms with Crippen molar-refractivity contribution in [2.24, 2.45) is 0 Å². The summed E-state index contributed by atoms with van der Waals surface area (Å²) in [7, 11) is 1.32. The maximum atomic E-state index is 9.85. The molecule has 0 aliphatic heterocycles. The molecule has 0 aliphatic rings. The third-order valence-corrected chi connectivity index (χ3v) is 1.35. The number of hydrogen-bond donors (Lipinski definition) is 1. The first-order valence-corrected chi connectivity index (χ1v) is 3.45. The van der Waals surface area contributed by atoms with Gasteiger partial charge in [-0.05, 0) is 0 Å². The Kier molecular flexibility index (Phi) is 4.36. The maximum absolute atomic E-state index is 9.85. The van der Waals surface area contributed by atoms with Crippen LogP contribution in [0.5, 0.6) is 0 Å². The zero-order valence-corrected chi connectivity index (χ0v) is 7.37. The van der Waals surface area contributed by atoms with Crippen molar-refractivity contribution in [3.8, 4) is 0 Å². The Morgan fingerprint density at radius 3 is 2.20 bits per heavy atom. The number of alkyl halides is 3. The second-order valence-electron chi connectivity index (χ2n) is 1.44. The van der Waals surface area contributed by atoms with E-state index in [0.717, 1.165) is 0 Å². The number of methoxy groups -OCH3 is 1. The highest BCUT2D eigenvalue weighted by Gasteiger charge is 2.32. The minimum absolute atomic E-state index is 0.399. The number of amides is 1. The number of halogens is 3. The van der Waals surface area contributed by atoms with E-state index in [-0.39, 0.29) is 0 Å². The van der Waals surface area contributed by atoms with Gasteiger partial charge in [-0.25, -0.2) is 0 Å². The van der Waals surface area contributed by atoms with Gasteiger partial charge in [0.1, 0.15) is 0 Å². The standard InChI is InChI=1S/C4H6Cl3NO2/c1-10-3(8-2-9)4(5,6)7/h2-3H,1H3,(H,8,9). The molecule has 0 heterocycles. The molecule has 60 valence electrons. The van der Waals surface area contributed by atoms with Crippen molar-refractivity contribution in [2.75, 3.05) is 7.11 Å². The lowest BCUT2D eigenvalue weighted by Crippen LogP contribution is -2.40. The van der Waals surface area contributed by atoms with Gasteiger partial charge >= 0.3 is 0 Å². The molecule has 0 saturated heterocycles. The van der Waals surface area contributed by atoms with Gasteiger partial charge in [-0.2, -0.15) is 0 Å². The molecule has 0 spiro atoms. The van der Waals surface area contributed by atoms with E-state index < -0.39 is 10.0 Å². The van der Waals surface area contributed by atoms with Crippen LogP contribution in [0.4, 0.5) is 0 Å². The monoisotopic (exact) mass is 205 g/mol. The van der Waals surface area contributed by atoms with Crippen LogP contribution in [-0.2, 0) is 9.53 Å². The summed E-state index contributed by atoms with van der Waals surface area (Å²) < 4.78 is 2.99. The zero-order chi connectivity index (χ0) is 8.20. The van der Waals surface area contributed by atoms with Crippen molar-refractivity contribution in [1.29, 1.82) is 0 Å². The highest BCUT2D eigenvalue weighted by Crippen LogP contribution is 2.30. The number of ether oxygens (including phenoxy) is 1. The van der Waals surface area contributed by atoms with Crippen LogP contribution in [0.2, 0.25) is 0 Å². The van der Waals surface area contributed by atoms with Crippen molar-refractivity contribution in [2.45, 2.75) is 10.0 Å². The zero-order valence-electron chi connectivity index (χ0n) is 5.11. The van der Waals surface area contributed by atoms with E-state index in [1.165, 1.54) is 7.11 Å². The first kappa shape index (κ1) is 10.3. The van der Waals surface area contributed by atoms with E-state index in [9.17, 15) is 4.79 Å². The number of carbonyl (C=O) groups is 1. The van der Waals surface area contributed by atoms with E-state index in [0.29, 0.717) is 6.41 Å². The topological polar surface area (TPSA) is 38.3 Å². The molecule has 1 amide bonds. The van der Waals surface area contributed by atoms with Crippen LogP contribution in [0.3, 0.4) is 0 Å². The molecule has 0 saturated carbocycles. The summed E-state index contributed by atoms with van der Waals surface area (Å²) in [5.74, 6) is 0. The van der Waals surface area contributed by atoms with Crippen molar-refractivity contribution < 1.29 is 9.53 Å². The van der Waals surface area contributed by atoms with Gasteiger partial charge in [0, 0.05) is 7.11 Å². The Labute approximate surface area is 73.6 Å². The van der Waals surface area contributed by atoms with Gasteiger partial charge in [-0.3, -0.25) is 4.79 Å². The minimum atomic E-state index is -1.63. The number of nitrogens with one attached hydrogen (secondary N) is 1. The molecule has 0 bridgehead atoms. The molecule has 6 heteroatoms. The van der Waals surface area contributed by atoms with Gasteiger partial charge in [0.15, 0.2) is 6.23 Å². The minimum Gasteiger partial charge on any atom is -0.357 e. The fourth-order valence-corrected chi connectivity index (χ4v) is 0.814. The molecule has 1 unspecified atom stereocenters. The van der Waals surface area contributed by atoms with Crippen LogP contribution >= 0.6 is 34.8 Å². The largest absolute Gasteiger partial charge is 0.357 e. The highest BCUT2D eigenvalue weighted by molar-refractivity contribution is 6.68. The Bertz CT molecular complexity index is 114. The van der Waals surface area contributed by atoms with Gasteiger partial charge in [-0.15, -0.1) is 0 Å². The molecule has 3 nitrogen and oxygen atoms in total. The lowest BCUT2D eigenvalue weighted by Gasteiger charge is -2.21. The molecule has 0 aromatic carbocycles. The van der Waals surface area contributed by atoms with Gasteiger partial charge in [0.2, 0.25) is 10.2 Å². The summed E-state index contributed by atoms with van der Waals surface area (Å²) in [5.41, 5.74) is 0. The summed E-state index contributed by atoms with van der Waals surface area (Å²) in [5, 5.41) is 2.17. The third-order valence-electron chi connectivity index (χ3n) is 0.752. The average Bonchev–Trinajstić information content (AvgIpc) is 1.80. The van der Waals surface area contributed by atoms with E-state index in [4.69, 9.17) is 34.8 Å². The van der Waals surface area contributed by atoms with Crippen LogP contribution < -0.4 is 5.32 Å². The molecule has 0 fully saturated rings. The molecule has 1 N–H and O–H groups in total. The molecule has 0 aromatic rings. The quantitative estimate of drug-likeness (QED) is 0.426. The van der Waals surface area contributed by atoms with Crippen LogP contribution in [0, 0.1) is 0 Å². The maximum Gasteiger partial charge on any atom is 0.234 e. The van der Waals surface area contributed by atoms with E-state index >= 15 is 0 Å². The van der Waals surface area contributed by atoms with Crippen LogP contribution in [0.25, 0.3) is 0 Å². The smallest absolute Gasteiger partial charge is 0.234 e. The first-order chi connectivity index (χ1) is 4.52. The second kappa shape index (κ2) is 4.23. The SMILES string of the molecule is COC(NC=O)C(Cl)(Cl)Cl. The molecule has 1 atom stereocenters. The Morgan fingerprint density at radius 1 is 1.60 bits per heavy atom. The molecule has 0 rings (SSSR count). The molecular formula is C4H6Cl3NO2. The lowest BCUT2D eigenvalue weighted by atomic mass is 10.6. The van der Waals surface area contributed by atoms with Crippen LogP contribution in [0.15, 0.2) is 0 Å². The van der Waals surface area contributed by atoms with Gasteiger partial charge in [0.25, 0.3) is 0 Å². The van der Waals surface area contributed by atoms with Crippen LogP contribution in [-0.4, -0.2) is 23.5 Å². The Morgan fingerprint density at radius 2 is 2.10 bits per heavy atom. The number of hydrogen-bond acceptors (Lipinski definition) is 2. The molecular weight excluding hydrogens is 200 g/mol. The van der Waals surface area contributed by atoms with Crippen LogP contribution in [0.1, 0.15) is 0 Å². The summed E-state index contributed by atoms with van der Waals surface area (Å²) in [6, 6.07) is 0.